The highest BCUT2D eigenvalue weighted by atomic mass is 16.4. The molecule has 19 heavy (non-hydrogen) atoms. The number of carboxylic acid groups (broad SMARTS) is 1. The third kappa shape index (κ3) is 4.09. The van der Waals surface area contributed by atoms with Crippen LogP contribution in [0.3, 0.4) is 0 Å². The number of carboxylic acids is 1. The Morgan fingerprint density at radius 2 is 1.89 bits per heavy atom. The molecule has 0 bridgehead atoms. The quantitative estimate of drug-likeness (QED) is 0.852. The fourth-order valence-electron chi connectivity index (χ4n) is 3.16. The van der Waals surface area contributed by atoms with Crippen molar-refractivity contribution in [2.75, 3.05) is 0 Å². The summed E-state index contributed by atoms with van der Waals surface area (Å²) in [4.78, 5) is 10.6. The van der Waals surface area contributed by atoms with Crippen molar-refractivity contribution in [3.05, 3.63) is 35.4 Å². The van der Waals surface area contributed by atoms with Crippen LogP contribution >= 0.6 is 0 Å². The van der Waals surface area contributed by atoms with Gasteiger partial charge in [0.2, 0.25) is 0 Å². The van der Waals surface area contributed by atoms with Crippen LogP contribution in [0.25, 0.3) is 0 Å². The Morgan fingerprint density at radius 1 is 1.21 bits per heavy atom. The van der Waals surface area contributed by atoms with Crippen LogP contribution < -0.4 is 0 Å². The molecule has 1 aromatic rings. The first-order valence-corrected chi connectivity index (χ1v) is 7.46. The predicted octanol–water partition coefficient (Wildman–Crippen LogP) is 4.39. The molecule has 1 aromatic carbocycles. The van der Waals surface area contributed by atoms with Gasteiger partial charge in [0.25, 0.3) is 0 Å². The van der Waals surface area contributed by atoms with Crippen molar-refractivity contribution in [1.29, 1.82) is 0 Å². The van der Waals surface area contributed by atoms with Crippen LogP contribution in [-0.4, -0.2) is 11.1 Å². The van der Waals surface area contributed by atoms with Gasteiger partial charge in [-0.2, -0.15) is 0 Å². The molecule has 2 heteroatoms. The van der Waals surface area contributed by atoms with Gasteiger partial charge in [0, 0.05) is 6.42 Å². The van der Waals surface area contributed by atoms with Gasteiger partial charge in [-0.05, 0) is 48.6 Å². The van der Waals surface area contributed by atoms with Crippen molar-refractivity contribution in [1.82, 2.24) is 0 Å². The Kier molecular flexibility index (Phi) is 5.00. The van der Waals surface area contributed by atoms with Crippen LogP contribution in [0.4, 0.5) is 0 Å². The van der Waals surface area contributed by atoms with Crippen LogP contribution in [0.5, 0.6) is 0 Å². The Balaban J connectivity index is 2.01. The Hall–Kier alpha value is -1.31. The van der Waals surface area contributed by atoms with Crippen molar-refractivity contribution >= 4 is 5.97 Å². The lowest BCUT2D eigenvalue weighted by Gasteiger charge is -2.28. The molecule has 0 amide bonds. The topological polar surface area (TPSA) is 37.3 Å². The molecule has 1 aliphatic rings. The number of benzene rings is 1. The Bertz CT molecular complexity index is 417. The first-order valence-electron chi connectivity index (χ1n) is 7.46. The van der Waals surface area contributed by atoms with Crippen LogP contribution in [0.15, 0.2) is 24.3 Å². The molecule has 1 saturated carbocycles. The van der Waals surface area contributed by atoms with Crippen molar-refractivity contribution in [2.45, 2.75) is 57.8 Å². The predicted molar refractivity (Wildman–Crippen MR) is 77.4 cm³/mol. The average molecular weight is 260 g/mol. The van der Waals surface area contributed by atoms with Crippen molar-refractivity contribution in [3.8, 4) is 0 Å². The van der Waals surface area contributed by atoms with Crippen LogP contribution in [0.1, 0.15) is 62.5 Å². The molecule has 0 aromatic heterocycles. The summed E-state index contributed by atoms with van der Waals surface area (Å²) in [5.74, 6) is 0.872. The number of aliphatic carboxylic acids is 1. The summed E-state index contributed by atoms with van der Waals surface area (Å²) in [6.07, 6.45) is 7.15. The van der Waals surface area contributed by atoms with Gasteiger partial charge in [-0.25, -0.2) is 0 Å². The van der Waals surface area contributed by atoms with Gasteiger partial charge >= 0.3 is 5.97 Å². The highest BCUT2D eigenvalue weighted by Gasteiger charge is 2.21. The van der Waals surface area contributed by atoms with Crippen LogP contribution in [0.2, 0.25) is 0 Å². The minimum Gasteiger partial charge on any atom is -0.481 e. The van der Waals surface area contributed by atoms with Gasteiger partial charge in [-0.3, -0.25) is 4.79 Å². The molecule has 1 aliphatic carbocycles. The first kappa shape index (κ1) is 14.1. The molecule has 0 saturated heterocycles. The number of aryl methyl sites for hydroxylation is 1. The highest BCUT2D eigenvalue weighted by molar-refractivity contribution is 5.66. The van der Waals surface area contributed by atoms with Gasteiger partial charge in [0.1, 0.15) is 0 Å². The van der Waals surface area contributed by atoms with Gasteiger partial charge in [0.15, 0.2) is 0 Å². The van der Waals surface area contributed by atoms with Crippen molar-refractivity contribution in [3.63, 3.8) is 0 Å². The largest absolute Gasteiger partial charge is 0.481 e. The van der Waals surface area contributed by atoms with Gasteiger partial charge in [0.05, 0.1) is 0 Å². The Morgan fingerprint density at radius 3 is 2.58 bits per heavy atom. The standard InChI is InChI=1S/C17H24O2/c1-13-9-11-15(12-10-13)16-7-3-2-5-14(16)6-4-8-17(18)19/h2-3,5,7,13,15H,4,6,8-12H2,1H3,(H,18,19). The molecule has 0 heterocycles. The van der Waals surface area contributed by atoms with E-state index in [1.807, 2.05) is 0 Å². The van der Waals surface area contributed by atoms with E-state index in [9.17, 15) is 4.79 Å². The summed E-state index contributed by atoms with van der Waals surface area (Å²) in [5, 5.41) is 8.74. The average Bonchev–Trinajstić information content (AvgIpc) is 2.40. The molecule has 0 atom stereocenters. The molecule has 2 nitrogen and oxygen atoms in total. The van der Waals surface area contributed by atoms with Crippen LogP contribution in [0, 0.1) is 5.92 Å². The fraction of sp³-hybridized carbons (Fsp3) is 0.588. The molecule has 2 rings (SSSR count). The number of hydrogen-bond donors (Lipinski definition) is 1. The maximum atomic E-state index is 10.6. The van der Waals surface area contributed by atoms with Gasteiger partial charge in [-0.1, -0.05) is 44.0 Å². The maximum Gasteiger partial charge on any atom is 0.303 e. The fourth-order valence-corrected chi connectivity index (χ4v) is 3.16. The summed E-state index contributed by atoms with van der Waals surface area (Å²) < 4.78 is 0. The van der Waals surface area contributed by atoms with E-state index in [1.165, 1.54) is 36.8 Å². The highest BCUT2D eigenvalue weighted by Crippen LogP contribution is 2.37. The second-order valence-electron chi connectivity index (χ2n) is 5.90. The molecular weight excluding hydrogens is 236 g/mol. The van der Waals surface area contributed by atoms with E-state index >= 15 is 0 Å². The summed E-state index contributed by atoms with van der Waals surface area (Å²) in [6, 6.07) is 8.62. The second kappa shape index (κ2) is 6.74. The van der Waals surface area contributed by atoms with E-state index < -0.39 is 5.97 Å². The van der Waals surface area contributed by atoms with Crippen molar-refractivity contribution < 1.29 is 9.90 Å². The van der Waals surface area contributed by atoms with E-state index in [0.717, 1.165) is 18.8 Å². The molecule has 0 aliphatic heterocycles. The monoisotopic (exact) mass is 260 g/mol. The molecule has 0 radical (unpaired) electrons. The smallest absolute Gasteiger partial charge is 0.303 e. The Labute approximate surface area is 115 Å². The lowest BCUT2D eigenvalue weighted by molar-refractivity contribution is -0.137. The zero-order chi connectivity index (χ0) is 13.7. The van der Waals surface area contributed by atoms with E-state index in [1.54, 1.807) is 0 Å². The lowest BCUT2D eigenvalue weighted by Crippen LogP contribution is -2.12. The summed E-state index contributed by atoms with van der Waals surface area (Å²) in [6.45, 7) is 2.34. The first-order chi connectivity index (χ1) is 9.16. The third-order valence-corrected chi connectivity index (χ3v) is 4.35. The van der Waals surface area contributed by atoms with E-state index in [0.29, 0.717) is 5.92 Å². The zero-order valence-corrected chi connectivity index (χ0v) is 11.8. The number of hydrogen-bond acceptors (Lipinski definition) is 1. The second-order valence-corrected chi connectivity index (χ2v) is 5.90. The van der Waals surface area contributed by atoms with Gasteiger partial charge < -0.3 is 5.11 Å². The van der Waals surface area contributed by atoms with Crippen LogP contribution in [-0.2, 0) is 11.2 Å². The minimum atomic E-state index is -0.691. The van der Waals surface area contributed by atoms with E-state index in [4.69, 9.17) is 5.11 Å². The summed E-state index contributed by atoms with van der Waals surface area (Å²) in [5.41, 5.74) is 2.84. The lowest BCUT2D eigenvalue weighted by atomic mass is 9.77. The van der Waals surface area contributed by atoms with Gasteiger partial charge in [-0.15, -0.1) is 0 Å². The number of rotatable bonds is 5. The molecular formula is C17H24O2. The maximum absolute atomic E-state index is 10.6. The zero-order valence-electron chi connectivity index (χ0n) is 11.8. The summed E-state index contributed by atoms with van der Waals surface area (Å²) in [7, 11) is 0. The van der Waals surface area contributed by atoms with E-state index in [2.05, 4.69) is 31.2 Å². The normalized spacial score (nSPS) is 23.2. The molecule has 1 N–H and O–H groups in total. The SMILES string of the molecule is CC1CCC(c2ccccc2CCCC(=O)O)CC1. The molecule has 0 unspecified atom stereocenters. The molecule has 1 fully saturated rings. The van der Waals surface area contributed by atoms with E-state index in [-0.39, 0.29) is 6.42 Å². The third-order valence-electron chi connectivity index (χ3n) is 4.35. The molecule has 104 valence electrons. The molecule has 0 spiro atoms. The van der Waals surface area contributed by atoms with Crippen molar-refractivity contribution in [2.24, 2.45) is 5.92 Å². The number of carbonyl (C=O) groups is 1. The summed E-state index contributed by atoms with van der Waals surface area (Å²) >= 11 is 0. The minimum absolute atomic E-state index is 0.274.